The first-order valence-corrected chi connectivity index (χ1v) is 10.4. The summed E-state index contributed by atoms with van der Waals surface area (Å²) < 4.78 is 18.0. The van der Waals surface area contributed by atoms with Gasteiger partial charge in [0.15, 0.2) is 0 Å². The molecule has 10 heteroatoms. The number of aryl methyl sites for hydroxylation is 2. The minimum atomic E-state index is -0.521. The fourth-order valence-electron chi connectivity index (χ4n) is 3.26. The summed E-state index contributed by atoms with van der Waals surface area (Å²) in [6.45, 7) is 3.71. The highest BCUT2D eigenvalue weighted by Gasteiger charge is 2.19. The predicted octanol–water partition coefficient (Wildman–Crippen LogP) is 2.76. The first kappa shape index (κ1) is 20.0. The van der Waals surface area contributed by atoms with Crippen molar-refractivity contribution in [3.63, 3.8) is 0 Å². The topological polar surface area (TPSA) is 90.4 Å². The molecule has 156 valence electrons. The number of carbonyl (C=O) groups is 1. The number of halogens is 1. The second-order valence-corrected chi connectivity index (χ2v) is 7.95. The molecule has 0 atom stereocenters. The van der Waals surface area contributed by atoms with Crippen LogP contribution in [0, 0.1) is 12.7 Å². The Bertz CT molecular complexity index is 1380. The molecule has 1 amide bonds. The minimum absolute atomic E-state index is 0.197. The molecule has 0 saturated heterocycles. The smallest absolute Gasteiger partial charge is 0.324 e. The van der Waals surface area contributed by atoms with Crippen molar-refractivity contribution in [3.05, 3.63) is 61.9 Å². The molecule has 0 unspecified atom stereocenters. The van der Waals surface area contributed by atoms with E-state index >= 15 is 0 Å². The lowest BCUT2D eigenvalue weighted by molar-refractivity contribution is -0.117. The molecule has 0 bridgehead atoms. The molecular weight excluding hydrogens is 409 g/mol. The predicted molar refractivity (Wildman–Crippen MR) is 114 cm³/mol. The Balaban J connectivity index is 1.73. The van der Waals surface area contributed by atoms with Crippen molar-refractivity contribution in [2.75, 3.05) is 5.32 Å². The van der Waals surface area contributed by atoms with Crippen molar-refractivity contribution in [1.29, 1.82) is 0 Å². The normalized spacial score (nSPS) is 11.4. The maximum absolute atomic E-state index is 13.7. The van der Waals surface area contributed by atoms with E-state index in [-0.39, 0.29) is 17.9 Å². The number of fused-ring (bicyclic) bond motifs is 3. The second kappa shape index (κ2) is 7.86. The summed E-state index contributed by atoms with van der Waals surface area (Å²) in [5.41, 5.74) is 0.529. The molecule has 0 spiro atoms. The number of aromatic nitrogens is 4. The third-order valence-electron chi connectivity index (χ3n) is 4.87. The zero-order valence-corrected chi connectivity index (χ0v) is 17.3. The Kier molecular flexibility index (Phi) is 5.25. The van der Waals surface area contributed by atoms with Crippen molar-refractivity contribution in [2.24, 2.45) is 0 Å². The highest BCUT2D eigenvalue weighted by molar-refractivity contribution is 7.17. The van der Waals surface area contributed by atoms with Gasteiger partial charge in [0, 0.05) is 12.2 Å². The molecule has 0 radical (unpaired) electrons. The molecule has 1 aromatic carbocycles. The van der Waals surface area contributed by atoms with E-state index in [0.29, 0.717) is 28.0 Å². The number of amides is 1. The molecule has 0 saturated carbocycles. The van der Waals surface area contributed by atoms with E-state index in [0.717, 1.165) is 17.5 Å². The standard InChI is InChI=1S/C20H20FN5O3S/c1-3-4-8-24-18(28)17-15(7-9-30-17)26-19(24)23-25(20(26)29)11-16(27)22-13-6-5-12(2)14(21)10-13/h5-7,9-10H,3-4,8,11H2,1-2H3,(H,22,27). The number of benzene rings is 1. The fourth-order valence-corrected chi connectivity index (χ4v) is 4.09. The molecule has 4 aromatic rings. The zero-order valence-electron chi connectivity index (χ0n) is 16.5. The molecule has 8 nitrogen and oxygen atoms in total. The van der Waals surface area contributed by atoms with Gasteiger partial charge < -0.3 is 5.32 Å². The van der Waals surface area contributed by atoms with Crippen LogP contribution in [0.3, 0.4) is 0 Å². The Labute approximate surface area is 174 Å². The summed E-state index contributed by atoms with van der Waals surface area (Å²) in [7, 11) is 0. The monoisotopic (exact) mass is 429 g/mol. The maximum atomic E-state index is 13.7. The van der Waals surface area contributed by atoms with Gasteiger partial charge in [-0.05, 0) is 42.5 Å². The van der Waals surface area contributed by atoms with E-state index in [4.69, 9.17) is 0 Å². The zero-order chi connectivity index (χ0) is 21.4. The first-order valence-electron chi connectivity index (χ1n) is 9.56. The van der Waals surface area contributed by atoms with Crippen LogP contribution in [0.15, 0.2) is 39.2 Å². The number of hydrogen-bond donors (Lipinski definition) is 1. The van der Waals surface area contributed by atoms with Gasteiger partial charge in [-0.3, -0.25) is 14.2 Å². The Hall–Kier alpha value is -3.27. The van der Waals surface area contributed by atoms with E-state index in [1.165, 1.54) is 26.4 Å². The molecule has 4 rings (SSSR count). The third-order valence-corrected chi connectivity index (χ3v) is 5.76. The summed E-state index contributed by atoms with van der Waals surface area (Å²) in [5.74, 6) is -0.746. The van der Waals surface area contributed by atoms with Gasteiger partial charge in [-0.2, -0.15) is 0 Å². The van der Waals surface area contributed by atoms with Gasteiger partial charge in [-0.15, -0.1) is 16.4 Å². The van der Waals surface area contributed by atoms with Gasteiger partial charge in [0.1, 0.15) is 17.1 Å². The largest absolute Gasteiger partial charge is 0.352 e. The molecule has 0 aliphatic carbocycles. The molecule has 0 aliphatic rings. The molecule has 30 heavy (non-hydrogen) atoms. The lowest BCUT2D eigenvalue weighted by Crippen LogP contribution is -2.29. The van der Waals surface area contributed by atoms with Crippen LogP contribution >= 0.6 is 11.3 Å². The van der Waals surface area contributed by atoms with Gasteiger partial charge in [-0.1, -0.05) is 19.4 Å². The van der Waals surface area contributed by atoms with E-state index in [1.54, 1.807) is 30.5 Å². The fraction of sp³-hybridized carbons (Fsp3) is 0.300. The highest BCUT2D eigenvalue weighted by atomic mass is 32.1. The highest BCUT2D eigenvalue weighted by Crippen LogP contribution is 2.18. The number of nitrogens with one attached hydrogen (secondary N) is 1. The van der Waals surface area contributed by atoms with E-state index in [1.807, 2.05) is 6.92 Å². The van der Waals surface area contributed by atoms with Crippen molar-refractivity contribution in [3.8, 4) is 0 Å². The van der Waals surface area contributed by atoms with Gasteiger partial charge in [0.2, 0.25) is 11.7 Å². The Morgan fingerprint density at radius 2 is 2.07 bits per heavy atom. The summed E-state index contributed by atoms with van der Waals surface area (Å²) in [6, 6.07) is 6.06. The molecule has 1 N–H and O–H groups in total. The summed E-state index contributed by atoms with van der Waals surface area (Å²) >= 11 is 1.27. The van der Waals surface area contributed by atoms with Gasteiger partial charge in [0.25, 0.3) is 5.56 Å². The first-order chi connectivity index (χ1) is 14.4. The average Bonchev–Trinajstić information content (AvgIpc) is 3.30. The van der Waals surface area contributed by atoms with Crippen LogP contribution in [0.2, 0.25) is 0 Å². The summed E-state index contributed by atoms with van der Waals surface area (Å²) in [6.07, 6.45) is 1.63. The van der Waals surface area contributed by atoms with Crippen LogP contribution < -0.4 is 16.6 Å². The lowest BCUT2D eigenvalue weighted by atomic mass is 10.2. The lowest BCUT2D eigenvalue weighted by Gasteiger charge is -2.06. The van der Waals surface area contributed by atoms with Gasteiger partial charge in [-0.25, -0.2) is 18.3 Å². The molecule has 3 heterocycles. The Morgan fingerprint density at radius 3 is 2.80 bits per heavy atom. The van der Waals surface area contributed by atoms with E-state index in [9.17, 15) is 18.8 Å². The SMILES string of the molecule is CCCCn1c(=O)c2sccc2n2c(=O)n(CC(=O)Nc3ccc(C)c(F)c3)nc12. The summed E-state index contributed by atoms with van der Waals surface area (Å²) in [5, 5.41) is 8.58. The second-order valence-electron chi connectivity index (χ2n) is 7.03. The van der Waals surface area contributed by atoms with Crippen LogP contribution in [-0.4, -0.2) is 24.7 Å². The van der Waals surface area contributed by atoms with Crippen molar-refractivity contribution < 1.29 is 9.18 Å². The summed E-state index contributed by atoms with van der Waals surface area (Å²) in [4.78, 5) is 38.3. The van der Waals surface area contributed by atoms with Crippen LogP contribution in [0.1, 0.15) is 25.3 Å². The minimum Gasteiger partial charge on any atom is -0.324 e. The van der Waals surface area contributed by atoms with Gasteiger partial charge >= 0.3 is 5.69 Å². The number of rotatable bonds is 6. The molecule has 0 fully saturated rings. The number of carbonyl (C=O) groups excluding carboxylic acids is 1. The van der Waals surface area contributed by atoms with E-state index < -0.39 is 17.4 Å². The van der Waals surface area contributed by atoms with Crippen LogP contribution in [-0.2, 0) is 17.9 Å². The maximum Gasteiger partial charge on any atom is 0.352 e. The number of nitrogens with zero attached hydrogens (tertiary/aromatic N) is 4. The average molecular weight is 429 g/mol. The van der Waals surface area contributed by atoms with Crippen molar-refractivity contribution in [2.45, 2.75) is 39.8 Å². The number of thiophene rings is 1. The molecule has 3 aromatic heterocycles. The Morgan fingerprint density at radius 1 is 1.27 bits per heavy atom. The van der Waals surface area contributed by atoms with Crippen molar-refractivity contribution in [1.82, 2.24) is 18.7 Å². The third kappa shape index (κ3) is 3.43. The molecular formula is C20H20FN5O3S. The molecule has 0 aliphatic heterocycles. The van der Waals surface area contributed by atoms with E-state index in [2.05, 4.69) is 10.4 Å². The van der Waals surface area contributed by atoms with Crippen LogP contribution in [0.25, 0.3) is 16.0 Å². The van der Waals surface area contributed by atoms with Gasteiger partial charge in [0.05, 0.1) is 5.52 Å². The van der Waals surface area contributed by atoms with Crippen LogP contribution in [0.5, 0.6) is 0 Å². The number of anilines is 1. The quantitative estimate of drug-likeness (QED) is 0.510. The number of unbranched alkanes of at least 4 members (excludes halogenated alkanes) is 1. The van der Waals surface area contributed by atoms with Crippen molar-refractivity contribution >= 4 is 38.9 Å². The van der Waals surface area contributed by atoms with Crippen LogP contribution in [0.4, 0.5) is 10.1 Å². The number of hydrogen-bond acceptors (Lipinski definition) is 5.